The Hall–Kier alpha value is -2.30. The van der Waals surface area contributed by atoms with Crippen molar-refractivity contribution in [2.24, 2.45) is 0 Å². The molecule has 0 saturated carbocycles. The summed E-state index contributed by atoms with van der Waals surface area (Å²) in [5.74, 6) is -0.831. The normalized spacial score (nSPS) is 10.1. The average molecular weight is 218 g/mol. The second-order valence-electron chi connectivity index (χ2n) is 3.16. The Morgan fingerprint density at radius 2 is 1.81 bits per heavy atom. The molecule has 0 saturated heterocycles. The van der Waals surface area contributed by atoms with Crippen LogP contribution in [0.2, 0.25) is 0 Å². The van der Waals surface area contributed by atoms with Crippen molar-refractivity contribution >= 4 is 5.69 Å². The van der Waals surface area contributed by atoms with E-state index in [1.807, 2.05) is 0 Å². The van der Waals surface area contributed by atoms with Gasteiger partial charge in [-0.25, -0.2) is 0 Å². The summed E-state index contributed by atoms with van der Waals surface area (Å²) in [7, 11) is 0. The van der Waals surface area contributed by atoms with E-state index in [4.69, 9.17) is 0 Å². The molecule has 4 nitrogen and oxygen atoms in total. The average Bonchev–Trinajstić information content (AvgIpc) is 2.30. The number of hydrogen-bond donors (Lipinski definition) is 0. The number of halogens is 1. The number of nitrogens with zero attached hydrogens (tertiary/aromatic N) is 2. The van der Waals surface area contributed by atoms with E-state index in [1.54, 1.807) is 24.5 Å². The standard InChI is InChI=1S/C11H7FN2O2/c12-10-2-1-9(7-11(10)14(15)16)8-3-5-13-6-4-8/h1-7H. The number of hydrogen-bond acceptors (Lipinski definition) is 3. The van der Waals surface area contributed by atoms with Crippen LogP contribution in [0.5, 0.6) is 0 Å². The summed E-state index contributed by atoms with van der Waals surface area (Å²) in [6.07, 6.45) is 3.15. The summed E-state index contributed by atoms with van der Waals surface area (Å²) in [6, 6.07) is 7.21. The molecule has 0 bridgehead atoms. The highest BCUT2D eigenvalue weighted by atomic mass is 19.1. The summed E-state index contributed by atoms with van der Waals surface area (Å²) in [6.45, 7) is 0. The number of pyridine rings is 1. The predicted molar refractivity (Wildman–Crippen MR) is 56.3 cm³/mol. The van der Waals surface area contributed by atoms with Gasteiger partial charge < -0.3 is 0 Å². The van der Waals surface area contributed by atoms with Crippen LogP contribution in [0, 0.1) is 15.9 Å². The summed E-state index contributed by atoms with van der Waals surface area (Å²) in [5, 5.41) is 10.6. The molecule has 0 radical (unpaired) electrons. The Labute approximate surface area is 90.5 Å². The van der Waals surface area contributed by atoms with Gasteiger partial charge in [-0.1, -0.05) is 6.07 Å². The SMILES string of the molecule is O=[N+]([O-])c1cc(-c2ccncc2)ccc1F. The first kappa shape index (κ1) is 10.2. The van der Waals surface area contributed by atoms with E-state index in [9.17, 15) is 14.5 Å². The van der Waals surface area contributed by atoms with Crippen molar-refractivity contribution in [2.45, 2.75) is 0 Å². The van der Waals surface area contributed by atoms with Gasteiger partial charge in [0.2, 0.25) is 5.82 Å². The fraction of sp³-hybridized carbons (Fsp3) is 0. The Kier molecular flexibility index (Phi) is 2.59. The van der Waals surface area contributed by atoms with E-state index in [1.165, 1.54) is 12.1 Å². The number of benzene rings is 1. The van der Waals surface area contributed by atoms with Gasteiger partial charge in [-0.15, -0.1) is 0 Å². The molecule has 2 rings (SSSR count). The summed E-state index contributed by atoms with van der Waals surface area (Å²) in [4.78, 5) is 13.7. The summed E-state index contributed by atoms with van der Waals surface area (Å²) >= 11 is 0. The maximum Gasteiger partial charge on any atom is 0.305 e. The monoisotopic (exact) mass is 218 g/mol. The zero-order chi connectivity index (χ0) is 11.5. The highest BCUT2D eigenvalue weighted by molar-refractivity contribution is 5.65. The maximum atomic E-state index is 13.1. The van der Waals surface area contributed by atoms with Crippen LogP contribution in [0.4, 0.5) is 10.1 Å². The highest BCUT2D eigenvalue weighted by Gasteiger charge is 2.14. The van der Waals surface area contributed by atoms with Crippen molar-refractivity contribution in [3.63, 3.8) is 0 Å². The highest BCUT2D eigenvalue weighted by Crippen LogP contribution is 2.25. The first-order valence-electron chi connectivity index (χ1n) is 4.53. The Bertz CT molecular complexity index is 529. The third-order valence-corrected chi connectivity index (χ3v) is 2.16. The largest absolute Gasteiger partial charge is 0.305 e. The van der Waals surface area contributed by atoms with Crippen LogP contribution in [-0.2, 0) is 0 Å². The molecular weight excluding hydrogens is 211 g/mol. The molecule has 1 aromatic heterocycles. The second-order valence-corrected chi connectivity index (χ2v) is 3.16. The van der Waals surface area contributed by atoms with Crippen molar-refractivity contribution < 1.29 is 9.31 Å². The van der Waals surface area contributed by atoms with Gasteiger partial charge in [-0.05, 0) is 29.3 Å². The smallest absolute Gasteiger partial charge is 0.265 e. The Morgan fingerprint density at radius 1 is 1.12 bits per heavy atom. The van der Waals surface area contributed by atoms with Gasteiger partial charge in [0.15, 0.2) is 0 Å². The zero-order valence-corrected chi connectivity index (χ0v) is 8.13. The molecule has 0 fully saturated rings. The molecule has 0 spiro atoms. The van der Waals surface area contributed by atoms with E-state index in [0.717, 1.165) is 11.6 Å². The van der Waals surface area contributed by atoms with E-state index in [2.05, 4.69) is 4.98 Å². The summed E-state index contributed by atoms with van der Waals surface area (Å²) in [5.41, 5.74) is 0.836. The third kappa shape index (κ3) is 1.88. The first-order chi connectivity index (χ1) is 7.68. The Morgan fingerprint density at radius 3 is 2.44 bits per heavy atom. The van der Waals surface area contributed by atoms with Gasteiger partial charge in [0.25, 0.3) is 0 Å². The fourth-order valence-corrected chi connectivity index (χ4v) is 1.38. The molecular formula is C11H7FN2O2. The lowest BCUT2D eigenvalue weighted by molar-refractivity contribution is -0.387. The number of nitro benzene ring substituents is 1. The van der Waals surface area contributed by atoms with Gasteiger partial charge in [0.05, 0.1) is 4.92 Å². The van der Waals surface area contributed by atoms with E-state index in [0.29, 0.717) is 5.56 Å². The molecule has 16 heavy (non-hydrogen) atoms. The van der Waals surface area contributed by atoms with E-state index >= 15 is 0 Å². The molecule has 80 valence electrons. The van der Waals surface area contributed by atoms with Crippen LogP contribution in [0.1, 0.15) is 0 Å². The number of nitro groups is 1. The lowest BCUT2D eigenvalue weighted by atomic mass is 10.1. The van der Waals surface area contributed by atoms with Gasteiger partial charge in [-0.3, -0.25) is 15.1 Å². The van der Waals surface area contributed by atoms with Crippen LogP contribution in [0.3, 0.4) is 0 Å². The van der Waals surface area contributed by atoms with Gasteiger partial charge >= 0.3 is 5.69 Å². The van der Waals surface area contributed by atoms with Crippen molar-refractivity contribution in [2.75, 3.05) is 0 Å². The van der Waals surface area contributed by atoms with Crippen molar-refractivity contribution in [3.05, 3.63) is 58.7 Å². The van der Waals surface area contributed by atoms with E-state index < -0.39 is 16.4 Å². The number of rotatable bonds is 2. The van der Waals surface area contributed by atoms with Crippen LogP contribution in [0.25, 0.3) is 11.1 Å². The fourth-order valence-electron chi connectivity index (χ4n) is 1.38. The first-order valence-corrected chi connectivity index (χ1v) is 4.53. The van der Waals surface area contributed by atoms with Crippen LogP contribution >= 0.6 is 0 Å². The van der Waals surface area contributed by atoms with Gasteiger partial charge in [-0.2, -0.15) is 4.39 Å². The minimum absolute atomic E-state index is 0.519. The molecule has 0 unspecified atom stereocenters. The van der Waals surface area contributed by atoms with Crippen LogP contribution in [-0.4, -0.2) is 9.91 Å². The molecule has 1 heterocycles. The second kappa shape index (κ2) is 4.06. The zero-order valence-electron chi connectivity index (χ0n) is 8.13. The molecule has 0 N–H and O–H groups in total. The third-order valence-electron chi connectivity index (χ3n) is 2.16. The molecule has 0 atom stereocenters. The minimum Gasteiger partial charge on any atom is -0.265 e. The number of aromatic nitrogens is 1. The quantitative estimate of drug-likeness (QED) is 0.575. The molecule has 0 aliphatic rings. The lowest BCUT2D eigenvalue weighted by Crippen LogP contribution is -1.92. The molecule has 2 aromatic rings. The van der Waals surface area contributed by atoms with Gasteiger partial charge in [0, 0.05) is 18.5 Å². The van der Waals surface area contributed by atoms with Crippen LogP contribution < -0.4 is 0 Å². The maximum absolute atomic E-state index is 13.1. The van der Waals surface area contributed by atoms with Crippen molar-refractivity contribution in [1.29, 1.82) is 0 Å². The molecule has 1 aromatic carbocycles. The van der Waals surface area contributed by atoms with Crippen molar-refractivity contribution in [1.82, 2.24) is 4.98 Å². The lowest BCUT2D eigenvalue weighted by Gasteiger charge is -2.01. The summed E-state index contributed by atoms with van der Waals surface area (Å²) < 4.78 is 13.1. The van der Waals surface area contributed by atoms with E-state index in [-0.39, 0.29) is 0 Å². The molecule has 0 aliphatic heterocycles. The molecule has 0 amide bonds. The Balaban J connectivity index is 2.52. The minimum atomic E-state index is -0.831. The molecule has 5 heteroatoms. The molecule has 0 aliphatic carbocycles. The van der Waals surface area contributed by atoms with Crippen LogP contribution in [0.15, 0.2) is 42.7 Å². The topological polar surface area (TPSA) is 56.0 Å². The van der Waals surface area contributed by atoms with Crippen molar-refractivity contribution in [3.8, 4) is 11.1 Å². The van der Waals surface area contributed by atoms with Gasteiger partial charge in [0.1, 0.15) is 0 Å². The predicted octanol–water partition coefficient (Wildman–Crippen LogP) is 2.80.